The van der Waals surface area contributed by atoms with E-state index in [0.717, 1.165) is 11.0 Å². The van der Waals surface area contributed by atoms with Crippen molar-refractivity contribution in [3.05, 3.63) is 53.0 Å². The van der Waals surface area contributed by atoms with Gasteiger partial charge in [0, 0.05) is 10.4 Å². The van der Waals surface area contributed by atoms with E-state index >= 15 is 0 Å². The fraction of sp³-hybridized carbons (Fsp3) is 0.133. The number of rotatable bonds is 4. The Hall–Kier alpha value is -2.20. The third-order valence-electron chi connectivity index (χ3n) is 2.61. The zero-order valence-corrected chi connectivity index (χ0v) is 11.8. The summed E-state index contributed by atoms with van der Waals surface area (Å²) in [6.45, 7) is 0. The Morgan fingerprint density at radius 1 is 1.25 bits per heavy atom. The first kappa shape index (κ1) is 14.2. The van der Waals surface area contributed by atoms with Gasteiger partial charge in [-0.25, -0.2) is 4.79 Å². The number of hydrogen-bond donors (Lipinski definition) is 0. The summed E-state index contributed by atoms with van der Waals surface area (Å²) in [7, 11) is 2.70. The number of hydrogen-bond acceptors (Lipinski definition) is 4. The Balaban J connectivity index is 2.21. The van der Waals surface area contributed by atoms with E-state index in [0.29, 0.717) is 10.8 Å². The summed E-state index contributed by atoms with van der Waals surface area (Å²) in [6.07, 6.45) is 4.87. The van der Waals surface area contributed by atoms with Gasteiger partial charge in [0.15, 0.2) is 0 Å². The number of esters is 1. The maximum Gasteiger partial charge on any atom is 0.373 e. The van der Waals surface area contributed by atoms with Crippen LogP contribution in [-0.4, -0.2) is 20.2 Å². The molecule has 0 fully saturated rings. The lowest BCUT2D eigenvalue weighted by atomic mass is 10.2. The summed E-state index contributed by atoms with van der Waals surface area (Å²) < 4.78 is 15.1. The van der Waals surface area contributed by atoms with Crippen molar-refractivity contribution >= 4 is 34.6 Å². The molecule has 0 amide bonds. The van der Waals surface area contributed by atoms with Crippen LogP contribution in [0.4, 0.5) is 0 Å². The molecule has 2 rings (SSSR count). The highest BCUT2D eigenvalue weighted by molar-refractivity contribution is 6.31. The number of allylic oxidation sites excluding steroid dienone is 2. The van der Waals surface area contributed by atoms with Gasteiger partial charge in [0.2, 0.25) is 5.76 Å². The van der Waals surface area contributed by atoms with Crippen molar-refractivity contribution in [2.75, 3.05) is 14.2 Å². The molecule has 4 nitrogen and oxygen atoms in total. The lowest BCUT2D eigenvalue weighted by molar-refractivity contribution is -0.139. The van der Waals surface area contributed by atoms with Gasteiger partial charge in [0.25, 0.3) is 0 Å². The van der Waals surface area contributed by atoms with Crippen LogP contribution in [-0.2, 0) is 14.3 Å². The molecule has 0 radical (unpaired) electrons. The van der Waals surface area contributed by atoms with E-state index in [-0.39, 0.29) is 5.76 Å². The van der Waals surface area contributed by atoms with Crippen molar-refractivity contribution in [3.8, 4) is 0 Å². The molecule has 0 unspecified atom stereocenters. The predicted molar refractivity (Wildman–Crippen MR) is 77.4 cm³/mol. The molecule has 0 N–H and O–H groups in total. The molecule has 2 aromatic rings. The molecule has 104 valence electrons. The van der Waals surface area contributed by atoms with Gasteiger partial charge < -0.3 is 13.9 Å². The van der Waals surface area contributed by atoms with Crippen LogP contribution in [0.5, 0.6) is 0 Å². The van der Waals surface area contributed by atoms with Crippen LogP contribution in [0.1, 0.15) is 5.76 Å². The molecule has 0 bridgehead atoms. The Morgan fingerprint density at radius 2 is 2.05 bits per heavy atom. The highest BCUT2D eigenvalue weighted by atomic mass is 35.5. The normalized spacial score (nSPS) is 12.1. The fourth-order valence-electron chi connectivity index (χ4n) is 1.67. The lowest BCUT2D eigenvalue weighted by Crippen LogP contribution is -2.05. The molecule has 0 atom stereocenters. The van der Waals surface area contributed by atoms with Crippen molar-refractivity contribution in [1.29, 1.82) is 0 Å². The maximum absolute atomic E-state index is 11.3. The Kier molecular flexibility index (Phi) is 4.48. The van der Waals surface area contributed by atoms with Crippen molar-refractivity contribution in [2.45, 2.75) is 0 Å². The van der Waals surface area contributed by atoms with E-state index < -0.39 is 5.97 Å². The first-order chi connectivity index (χ1) is 9.63. The predicted octanol–water partition coefficient (Wildman–Crippen LogP) is 3.80. The maximum atomic E-state index is 11.3. The van der Waals surface area contributed by atoms with Crippen molar-refractivity contribution < 1.29 is 18.7 Å². The van der Waals surface area contributed by atoms with E-state index in [4.69, 9.17) is 20.8 Å². The average Bonchev–Trinajstić information content (AvgIpc) is 2.84. The van der Waals surface area contributed by atoms with Crippen LogP contribution < -0.4 is 0 Å². The topological polar surface area (TPSA) is 48.7 Å². The van der Waals surface area contributed by atoms with Gasteiger partial charge in [0.1, 0.15) is 11.3 Å². The molecule has 0 aliphatic carbocycles. The fourth-order valence-corrected chi connectivity index (χ4v) is 1.85. The van der Waals surface area contributed by atoms with Gasteiger partial charge in [-0.15, -0.1) is 0 Å². The summed E-state index contributed by atoms with van der Waals surface area (Å²) in [5.74, 6) is 0.232. The van der Waals surface area contributed by atoms with Gasteiger partial charge in [-0.3, -0.25) is 0 Å². The highest BCUT2D eigenvalue weighted by Gasteiger charge is 2.07. The van der Waals surface area contributed by atoms with Crippen LogP contribution >= 0.6 is 11.6 Å². The summed E-state index contributed by atoms with van der Waals surface area (Å²) in [5.41, 5.74) is 0.748. The van der Waals surface area contributed by atoms with Crippen LogP contribution in [0.2, 0.25) is 5.02 Å². The van der Waals surface area contributed by atoms with Gasteiger partial charge in [-0.2, -0.15) is 0 Å². The standard InChI is InChI=1S/C15H13ClO4/c1-18-14(15(17)19-2)5-3-4-12-9-10-8-11(16)6-7-13(10)20-12/h3-9H,1-2H3. The summed E-state index contributed by atoms with van der Waals surface area (Å²) in [5, 5.41) is 1.57. The lowest BCUT2D eigenvalue weighted by Gasteiger charge is -2.00. The molecule has 20 heavy (non-hydrogen) atoms. The molecule has 5 heteroatoms. The summed E-state index contributed by atoms with van der Waals surface area (Å²) >= 11 is 5.91. The summed E-state index contributed by atoms with van der Waals surface area (Å²) in [6, 6.07) is 7.25. The van der Waals surface area contributed by atoms with E-state index in [2.05, 4.69) is 4.74 Å². The van der Waals surface area contributed by atoms with E-state index in [1.165, 1.54) is 20.3 Å². The average molecular weight is 293 g/mol. The molecular formula is C15H13ClO4. The Labute approximate surface area is 121 Å². The molecule has 0 saturated carbocycles. The minimum Gasteiger partial charge on any atom is -0.490 e. The molecule has 1 aromatic heterocycles. The van der Waals surface area contributed by atoms with Crippen molar-refractivity contribution in [1.82, 2.24) is 0 Å². The number of methoxy groups -OCH3 is 2. The first-order valence-electron chi connectivity index (χ1n) is 5.84. The second-order valence-electron chi connectivity index (χ2n) is 3.92. The monoisotopic (exact) mass is 292 g/mol. The number of fused-ring (bicyclic) bond motifs is 1. The van der Waals surface area contributed by atoms with Gasteiger partial charge in [-0.1, -0.05) is 17.7 Å². The van der Waals surface area contributed by atoms with Gasteiger partial charge in [0.05, 0.1) is 14.2 Å². The molecule has 0 aliphatic rings. The summed E-state index contributed by atoms with van der Waals surface area (Å²) in [4.78, 5) is 11.3. The molecular weight excluding hydrogens is 280 g/mol. The van der Waals surface area contributed by atoms with Crippen LogP contribution in [0.25, 0.3) is 17.0 Å². The van der Waals surface area contributed by atoms with E-state index in [9.17, 15) is 4.79 Å². The molecule has 0 saturated heterocycles. The van der Waals surface area contributed by atoms with Gasteiger partial charge >= 0.3 is 5.97 Å². The molecule has 1 aromatic carbocycles. The quantitative estimate of drug-likeness (QED) is 0.372. The minimum atomic E-state index is -0.534. The second kappa shape index (κ2) is 6.30. The number of ether oxygens (including phenoxy) is 2. The smallest absolute Gasteiger partial charge is 0.373 e. The molecule has 0 aliphatic heterocycles. The third kappa shape index (κ3) is 3.22. The highest BCUT2D eigenvalue weighted by Crippen LogP contribution is 2.23. The number of halogens is 1. The number of carbonyl (C=O) groups is 1. The molecule has 1 heterocycles. The van der Waals surface area contributed by atoms with E-state index in [1.807, 2.05) is 12.1 Å². The van der Waals surface area contributed by atoms with Crippen molar-refractivity contribution in [3.63, 3.8) is 0 Å². The Bertz CT molecular complexity index is 682. The minimum absolute atomic E-state index is 0.114. The third-order valence-corrected chi connectivity index (χ3v) is 2.85. The Morgan fingerprint density at radius 3 is 2.75 bits per heavy atom. The van der Waals surface area contributed by atoms with E-state index in [1.54, 1.807) is 24.3 Å². The van der Waals surface area contributed by atoms with Crippen molar-refractivity contribution in [2.24, 2.45) is 0 Å². The zero-order valence-electron chi connectivity index (χ0n) is 11.1. The second-order valence-corrected chi connectivity index (χ2v) is 4.35. The first-order valence-corrected chi connectivity index (χ1v) is 6.21. The van der Waals surface area contributed by atoms with Crippen LogP contribution in [0, 0.1) is 0 Å². The number of benzene rings is 1. The van der Waals surface area contributed by atoms with Crippen LogP contribution in [0.3, 0.4) is 0 Å². The number of furan rings is 1. The number of carbonyl (C=O) groups excluding carboxylic acids is 1. The largest absolute Gasteiger partial charge is 0.490 e. The van der Waals surface area contributed by atoms with Gasteiger partial charge in [-0.05, 0) is 36.4 Å². The SMILES string of the molecule is COC(=O)C(=CC=Cc1cc2cc(Cl)ccc2o1)OC. The molecule has 0 spiro atoms. The van der Waals surface area contributed by atoms with Crippen LogP contribution in [0.15, 0.2) is 46.6 Å². The zero-order chi connectivity index (χ0) is 14.5.